The third-order valence-electron chi connectivity index (χ3n) is 4.33. The molecule has 0 atom stereocenters. The van der Waals surface area contributed by atoms with E-state index in [9.17, 15) is 9.59 Å². The summed E-state index contributed by atoms with van der Waals surface area (Å²) in [7, 11) is 0. The van der Waals surface area contributed by atoms with Gasteiger partial charge in [-0.25, -0.2) is 19.3 Å². The van der Waals surface area contributed by atoms with Crippen molar-refractivity contribution >= 4 is 21.8 Å². The normalized spacial score (nSPS) is 11.2. The zero-order chi connectivity index (χ0) is 18.3. The first-order chi connectivity index (χ1) is 12.6. The van der Waals surface area contributed by atoms with Crippen LogP contribution < -0.4 is 22.8 Å². The summed E-state index contributed by atoms with van der Waals surface area (Å²) in [5.74, 6) is 12.6. The molecular weight excluding hydrogens is 332 g/mol. The second-order valence-corrected chi connectivity index (χ2v) is 5.94. The second kappa shape index (κ2) is 5.99. The molecule has 0 saturated heterocycles. The number of nitrogens with two attached hydrogens (primary N) is 2. The highest BCUT2D eigenvalue weighted by atomic mass is 16.1. The number of nitrogen functional groups attached to an aromatic ring is 2. The minimum Gasteiger partial charge on any atom is -0.335 e. The highest BCUT2D eigenvalue weighted by Crippen LogP contribution is 2.10. The number of nitrogens with zero attached hydrogens (tertiary/aromatic N) is 4. The minimum absolute atomic E-state index is 0.317. The molecule has 2 heterocycles. The zero-order valence-corrected chi connectivity index (χ0v) is 13.8. The van der Waals surface area contributed by atoms with Crippen molar-refractivity contribution in [3.05, 3.63) is 80.9 Å². The van der Waals surface area contributed by atoms with Crippen LogP contribution in [0, 0.1) is 0 Å². The maximum Gasteiger partial charge on any atom is 0.279 e. The molecular formula is C18H16N6O2. The standard InChI is InChI=1S/C18H16N6O2/c19-23-15(21-13-7-3-1-5-11(13)17(23)25)9-10-16-22-14-8-4-2-6-12(14)18(26)24(16)20/h1-8H,9-10,19-20H2. The lowest BCUT2D eigenvalue weighted by molar-refractivity contribution is 0.709. The second-order valence-electron chi connectivity index (χ2n) is 5.94. The predicted octanol–water partition coefficient (Wildman–Crippen LogP) is 0.319. The molecule has 0 radical (unpaired) electrons. The van der Waals surface area contributed by atoms with Crippen LogP contribution in [0.3, 0.4) is 0 Å². The quantitative estimate of drug-likeness (QED) is 0.514. The molecule has 130 valence electrons. The number of hydrogen-bond acceptors (Lipinski definition) is 6. The molecule has 0 aliphatic heterocycles. The Morgan fingerprint density at radius 2 is 1.08 bits per heavy atom. The van der Waals surface area contributed by atoms with Gasteiger partial charge in [0.1, 0.15) is 11.6 Å². The molecule has 0 saturated carbocycles. The summed E-state index contributed by atoms with van der Waals surface area (Å²) in [5.41, 5.74) is 0.515. The first-order valence-electron chi connectivity index (χ1n) is 8.08. The maximum atomic E-state index is 12.4. The van der Waals surface area contributed by atoms with E-state index in [1.165, 1.54) is 0 Å². The van der Waals surface area contributed by atoms with Crippen LogP contribution in [-0.4, -0.2) is 19.3 Å². The lowest BCUT2D eigenvalue weighted by atomic mass is 10.2. The molecule has 0 amide bonds. The van der Waals surface area contributed by atoms with Crippen molar-refractivity contribution < 1.29 is 0 Å². The number of aryl methyl sites for hydroxylation is 2. The Morgan fingerprint density at radius 3 is 1.50 bits per heavy atom. The van der Waals surface area contributed by atoms with Crippen LogP contribution in [0.25, 0.3) is 21.8 Å². The van der Waals surface area contributed by atoms with E-state index < -0.39 is 0 Å². The van der Waals surface area contributed by atoms with Gasteiger partial charge in [-0.1, -0.05) is 24.3 Å². The van der Waals surface area contributed by atoms with Gasteiger partial charge < -0.3 is 11.7 Å². The molecule has 2 aromatic carbocycles. The van der Waals surface area contributed by atoms with E-state index >= 15 is 0 Å². The smallest absolute Gasteiger partial charge is 0.279 e. The van der Waals surface area contributed by atoms with E-state index in [-0.39, 0.29) is 11.1 Å². The number of rotatable bonds is 3. The molecule has 8 heteroatoms. The van der Waals surface area contributed by atoms with E-state index in [4.69, 9.17) is 11.7 Å². The lowest BCUT2D eigenvalue weighted by Crippen LogP contribution is -2.34. The van der Waals surface area contributed by atoms with Crippen LogP contribution in [-0.2, 0) is 12.8 Å². The fourth-order valence-corrected chi connectivity index (χ4v) is 2.96. The monoisotopic (exact) mass is 348 g/mol. The Morgan fingerprint density at radius 1 is 0.692 bits per heavy atom. The van der Waals surface area contributed by atoms with Gasteiger partial charge >= 0.3 is 0 Å². The van der Waals surface area contributed by atoms with Gasteiger partial charge in [0, 0.05) is 12.8 Å². The van der Waals surface area contributed by atoms with Gasteiger partial charge in [-0.2, -0.15) is 0 Å². The van der Waals surface area contributed by atoms with Crippen LogP contribution in [0.5, 0.6) is 0 Å². The summed E-state index contributed by atoms with van der Waals surface area (Å²) in [5, 5.41) is 0.914. The Balaban J connectivity index is 1.74. The van der Waals surface area contributed by atoms with Crippen molar-refractivity contribution in [2.75, 3.05) is 11.7 Å². The van der Waals surface area contributed by atoms with Crippen molar-refractivity contribution in [3.8, 4) is 0 Å². The van der Waals surface area contributed by atoms with Gasteiger partial charge in [0.25, 0.3) is 11.1 Å². The first-order valence-corrected chi connectivity index (χ1v) is 8.08. The maximum absolute atomic E-state index is 12.4. The van der Waals surface area contributed by atoms with Crippen LogP contribution in [0.2, 0.25) is 0 Å². The van der Waals surface area contributed by atoms with Gasteiger partial charge in [-0.3, -0.25) is 9.59 Å². The Hall–Kier alpha value is -3.68. The van der Waals surface area contributed by atoms with Crippen LogP contribution in [0.15, 0.2) is 58.1 Å². The fraction of sp³-hybridized carbons (Fsp3) is 0.111. The Kier molecular flexibility index (Phi) is 3.65. The Bertz CT molecular complexity index is 1160. The average Bonchev–Trinajstić information content (AvgIpc) is 2.67. The van der Waals surface area contributed by atoms with Gasteiger partial charge in [0.05, 0.1) is 21.8 Å². The Labute approximate surface area is 147 Å². The number of para-hydroxylation sites is 2. The molecule has 2 aromatic heterocycles. The van der Waals surface area contributed by atoms with E-state index in [1.807, 2.05) is 12.1 Å². The van der Waals surface area contributed by atoms with E-state index in [1.54, 1.807) is 36.4 Å². The van der Waals surface area contributed by atoms with Gasteiger partial charge in [0.15, 0.2) is 0 Å². The predicted molar refractivity (Wildman–Crippen MR) is 99.7 cm³/mol. The summed E-state index contributed by atoms with van der Waals surface area (Å²) < 4.78 is 2.06. The number of fused-ring (bicyclic) bond motifs is 2. The minimum atomic E-state index is -0.317. The lowest BCUT2D eigenvalue weighted by Gasteiger charge is -2.11. The van der Waals surface area contributed by atoms with Crippen molar-refractivity contribution in [2.24, 2.45) is 0 Å². The molecule has 0 unspecified atom stereocenters. The molecule has 8 nitrogen and oxygen atoms in total. The third kappa shape index (κ3) is 2.48. The summed E-state index contributed by atoms with van der Waals surface area (Å²) in [4.78, 5) is 33.6. The van der Waals surface area contributed by atoms with Crippen LogP contribution in [0.1, 0.15) is 11.6 Å². The highest BCUT2D eigenvalue weighted by Gasteiger charge is 2.12. The zero-order valence-electron chi connectivity index (χ0n) is 13.8. The van der Waals surface area contributed by atoms with Crippen LogP contribution in [0.4, 0.5) is 0 Å². The van der Waals surface area contributed by atoms with Crippen LogP contribution >= 0.6 is 0 Å². The van der Waals surface area contributed by atoms with Gasteiger partial charge in [-0.15, -0.1) is 0 Å². The van der Waals surface area contributed by atoms with E-state index in [2.05, 4.69) is 9.97 Å². The average molecular weight is 348 g/mol. The molecule has 4 rings (SSSR count). The first kappa shape index (κ1) is 15.8. The molecule has 0 aliphatic rings. The third-order valence-corrected chi connectivity index (χ3v) is 4.33. The molecule has 0 aliphatic carbocycles. The van der Waals surface area contributed by atoms with Crippen molar-refractivity contribution in [2.45, 2.75) is 12.8 Å². The largest absolute Gasteiger partial charge is 0.335 e. The topological polar surface area (TPSA) is 122 Å². The number of aromatic nitrogens is 4. The molecule has 0 fully saturated rings. The molecule has 0 bridgehead atoms. The number of benzene rings is 2. The molecule has 4 aromatic rings. The van der Waals surface area contributed by atoms with E-state index in [0.717, 1.165) is 9.35 Å². The molecule has 4 N–H and O–H groups in total. The summed E-state index contributed by atoms with van der Waals surface area (Å²) >= 11 is 0. The summed E-state index contributed by atoms with van der Waals surface area (Å²) in [6, 6.07) is 14.0. The number of hydrogen-bond donors (Lipinski definition) is 2. The van der Waals surface area contributed by atoms with Gasteiger partial charge in [-0.05, 0) is 24.3 Å². The van der Waals surface area contributed by atoms with E-state index in [0.29, 0.717) is 46.3 Å². The van der Waals surface area contributed by atoms with Crippen molar-refractivity contribution in [3.63, 3.8) is 0 Å². The fourth-order valence-electron chi connectivity index (χ4n) is 2.96. The molecule has 0 spiro atoms. The summed E-state index contributed by atoms with van der Waals surface area (Å²) in [6.07, 6.45) is 0.636. The van der Waals surface area contributed by atoms with Gasteiger partial charge in [0.2, 0.25) is 0 Å². The van der Waals surface area contributed by atoms with Crippen molar-refractivity contribution in [1.82, 2.24) is 19.3 Å². The summed E-state index contributed by atoms with van der Waals surface area (Å²) in [6.45, 7) is 0. The highest BCUT2D eigenvalue weighted by molar-refractivity contribution is 5.78. The van der Waals surface area contributed by atoms with Crippen molar-refractivity contribution in [1.29, 1.82) is 0 Å². The SMILES string of the molecule is Nn1c(CCc2nc3ccccc3c(=O)n2N)nc2ccccc2c1=O. The molecule has 26 heavy (non-hydrogen) atoms.